The van der Waals surface area contributed by atoms with Gasteiger partial charge in [0.2, 0.25) is 0 Å². The van der Waals surface area contributed by atoms with Gasteiger partial charge in [-0.05, 0) is 0 Å². The molecule has 1 nitrogen and oxygen atoms in total. The zero-order chi connectivity index (χ0) is 16.2. The monoisotopic (exact) mass is 385 g/mol. The third-order valence-electron chi connectivity index (χ3n) is 5.83. The Kier molecular flexibility index (Phi) is 5.08. The molecule has 1 atom stereocenters. The summed E-state index contributed by atoms with van der Waals surface area (Å²) in [5.74, 6) is 0. The van der Waals surface area contributed by atoms with Gasteiger partial charge >= 0.3 is 153 Å². The Hall–Kier alpha value is -1.08. The van der Waals surface area contributed by atoms with Crippen molar-refractivity contribution in [1.82, 2.24) is 4.90 Å². The van der Waals surface area contributed by atoms with Crippen LogP contribution in [0.1, 0.15) is 44.1 Å². The minimum absolute atomic E-state index is 0.533. The number of hydrogen-bond donors (Lipinski definition) is 0. The Bertz CT molecular complexity index is 634. The second kappa shape index (κ2) is 7.43. The molecule has 2 aromatic rings. The van der Waals surface area contributed by atoms with Crippen LogP contribution >= 0.6 is 0 Å². The van der Waals surface area contributed by atoms with Crippen LogP contribution in [0.4, 0.5) is 0 Å². The molecule has 1 aliphatic carbocycles. The summed E-state index contributed by atoms with van der Waals surface area (Å²) < 4.78 is 1.55. The van der Waals surface area contributed by atoms with Gasteiger partial charge in [0.1, 0.15) is 0 Å². The molecular formula is C22H27NSe. The predicted octanol–water partition coefficient (Wildman–Crippen LogP) is 4.41. The van der Waals surface area contributed by atoms with Crippen LogP contribution in [0.15, 0.2) is 60.7 Å². The van der Waals surface area contributed by atoms with E-state index < -0.39 is 0 Å². The molecule has 24 heavy (non-hydrogen) atoms. The van der Waals surface area contributed by atoms with Gasteiger partial charge in [0, 0.05) is 0 Å². The molecule has 1 saturated heterocycles. The van der Waals surface area contributed by atoms with Crippen LogP contribution in [0, 0.1) is 0 Å². The zero-order valence-corrected chi connectivity index (χ0v) is 16.1. The number of nitrogens with zero attached hydrogens (tertiary/aromatic N) is 1. The van der Waals surface area contributed by atoms with Gasteiger partial charge in [-0.15, -0.1) is 0 Å². The SMILES string of the molecule is c1ccc(CN2C(C[Se]c3ccccc3)CC23CCCCC3)cc1. The van der Waals surface area contributed by atoms with Crippen molar-refractivity contribution in [2.24, 2.45) is 0 Å². The maximum absolute atomic E-state index is 2.88. The molecule has 1 unspecified atom stereocenters. The molecular weight excluding hydrogens is 357 g/mol. The molecule has 1 spiro atoms. The Labute approximate surface area is 152 Å². The fourth-order valence-electron chi connectivity index (χ4n) is 4.58. The summed E-state index contributed by atoms with van der Waals surface area (Å²) in [6, 6.07) is 23.0. The Morgan fingerprint density at radius 1 is 0.875 bits per heavy atom. The van der Waals surface area contributed by atoms with E-state index in [0.717, 1.165) is 12.6 Å². The van der Waals surface area contributed by atoms with E-state index in [1.807, 2.05) is 0 Å². The Balaban J connectivity index is 1.45. The molecule has 2 aliphatic rings. The van der Waals surface area contributed by atoms with Crippen LogP contribution in [0.3, 0.4) is 0 Å². The van der Waals surface area contributed by atoms with Crippen LogP contribution in [0.5, 0.6) is 0 Å². The van der Waals surface area contributed by atoms with Gasteiger partial charge in [0.05, 0.1) is 0 Å². The van der Waals surface area contributed by atoms with Gasteiger partial charge in [0.25, 0.3) is 0 Å². The van der Waals surface area contributed by atoms with E-state index in [1.165, 1.54) is 49.4 Å². The van der Waals surface area contributed by atoms with Crippen molar-refractivity contribution < 1.29 is 0 Å². The van der Waals surface area contributed by atoms with Gasteiger partial charge in [0.15, 0.2) is 0 Å². The van der Waals surface area contributed by atoms with Crippen LogP contribution in [0.25, 0.3) is 0 Å². The summed E-state index contributed by atoms with van der Waals surface area (Å²) in [5.41, 5.74) is 2.02. The molecule has 0 radical (unpaired) electrons. The molecule has 2 heteroatoms. The van der Waals surface area contributed by atoms with Gasteiger partial charge in [-0.2, -0.15) is 0 Å². The van der Waals surface area contributed by atoms with Gasteiger partial charge in [-0.25, -0.2) is 0 Å². The molecule has 1 saturated carbocycles. The van der Waals surface area contributed by atoms with Crippen molar-refractivity contribution in [2.75, 3.05) is 0 Å². The van der Waals surface area contributed by atoms with E-state index >= 15 is 0 Å². The van der Waals surface area contributed by atoms with Gasteiger partial charge < -0.3 is 0 Å². The second-order valence-electron chi connectivity index (χ2n) is 7.38. The fraction of sp³-hybridized carbons (Fsp3) is 0.455. The van der Waals surface area contributed by atoms with Crippen LogP contribution < -0.4 is 4.46 Å². The standard InChI is InChI=1S/C22H27NSe/c1-4-10-19(11-5-1)17-23-20(16-22(23)14-8-3-9-15-22)18-24-21-12-6-2-7-13-21/h1-2,4-7,10-13,20H,3,8-9,14-18H2. The fourth-order valence-corrected chi connectivity index (χ4v) is 6.74. The first-order valence-corrected chi connectivity index (χ1v) is 11.4. The van der Waals surface area contributed by atoms with E-state index in [2.05, 4.69) is 65.6 Å². The number of likely N-dealkylation sites (tertiary alicyclic amines) is 1. The van der Waals surface area contributed by atoms with Crippen molar-refractivity contribution in [3.05, 3.63) is 66.2 Å². The summed E-state index contributed by atoms with van der Waals surface area (Å²) in [7, 11) is 0. The minimum atomic E-state index is 0.533. The second-order valence-corrected chi connectivity index (χ2v) is 9.67. The first-order chi connectivity index (χ1) is 11.9. The molecule has 0 aromatic heterocycles. The van der Waals surface area contributed by atoms with E-state index in [4.69, 9.17) is 0 Å². The van der Waals surface area contributed by atoms with E-state index in [0.29, 0.717) is 20.5 Å². The molecule has 1 heterocycles. The van der Waals surface area contributed by atoms with Crippen molar-refractivity contribution in [3.8, 4) is 0 Å². The van der Waals surface area contributed by atoms with Crippen molar-refractivity contribution in [1.29, 1.82) is 0 Å². The maximum atomic E-state index is 2.88. The van der Waals surface area contributed by atoms with Crippen molar-refractivity contribution in [2.45, 2.75) is 62.0 Å². The van der Waals surface area contributed by atoms with E-state index in [9.17, 15) is 0 Å². The third-order valence-corrected chi connectivity index (χ3v) is 8.26. The number of hydrogen-bond acceptors (Lipinski definition) is 1. The molecule has 2 fully saturated rings. The average molecular weight is 384 g/mol. The summed E-state index contributed by atoms with van der Waals surface area (Å²) >= 11 is 0.608. The molecule has 0 bridgehead atoms. The average Bonchev–Trinajstić information content (AvgIpc) is 2.66. The summed E-state index contributed by atoms with van der Waals surface area (Å²) in [6.07, 6.45) is 8.60. The Morgan fingerprint density at radius 3 is 2.25 bits per heavy atom. The summed E-state index contributed by atoms with van der Waals surface area (Å²) in [5, 5.41) is 1.37. The number of benzene rings is 2. The summed E-state index contributed by atoms with van der Waals surface area (Å²) in [6.45, 7) is 1.15. The van der Waals surface area contributed by atoms with Crippen molar-refractivity contribution in [3.63, 3.8) is 0 Å². The van der Waals surface area contributed by atoms with Gasteiger partial charge in [-0.1, -0.05) is 0 Å². The first-order valence-electron chi connectivity index (χ1n) is 9.34. The normalized spacial score (nSPS) is 23.1. The van der Waals surface area contributed by atoms with Crippen LogP contribution in [0.2, 0.25) is 5.32 Å². The van der Waals surface area contributed by atoms with Crippen LogP contribution in [-0.2, 0) is 6.54 Å². The molecule has 2 aromatic carbocycles. The topological polar surface area (TPSA) is 3.24 Å². The van der Waals surface area contributed by atoms with E-state index in [-0.39, 0.29) is 0 Å². The van der Waals surface area contributed by atoms with Crippen molar-refractivity contribution >= 4 is 19.4 Å². The number of rotatable bonds is 5. The first kappa shape index (κ1) is 16.4. The quantitative estimate of drug-likeness (QED) is 0.690. The Morgan fingerprint density at radius 2 is 1.54 bits per heavy atom. The van der Waals surface area contributed by atoms with E-state index in [1.54, 1.807) is 4.46 Å². The summed E-state index contributed by atoms with van der Waals surface area (Å²) in [4.78, 5) is 2.88. The molecule has 126 valence electrons. The van der Waals surface area contributed by atoms with Crippen LogP contribution in [-0.4, -0.2) is 31.4 Å². The molecule has 4 rings (SSSR count). The van der Waals surface area contributed by atoms with Gasteiger partial charge in [-0.3, -0.25) is 0 Å². The molecule has 1 aliphatic heterocycles. The third kappa shape index (κ3) is 3.47. The predicted molar refractivity (Wildman–Crippen MR) is 103 cm³/mol. The molecule has 0 amide bonds. The zero-order valence-electron chi connectivity index (χ0n) is 14.4. The molecule has 0 N–H and O–H groups in total.